The molecule has 0 heterocycles. The van der Waals surface area contributed by atoms with Crippen molar-refractivity contribution in [3.05, 3.63) is 24.9 Å². The summed E-state index contributed by atoms with van der Waals surface area (Å²) in [6.07, 6.45) is 8.23. The van der Waals surface area contributed by atoms with Crippen LogP contribution in [0, 0.1) is 0 Å². The molecule has 0 aliphatic rings. The average molecular weight is 139 g/mol. The van der Waals surface area contributed by atoms with Gasteiger partial charge in [-0.1, -0.05) is 33.4 Å². The van der Waals surface area contributed by atoms with Gasteiger partial charge >= 0.3 is 0 Å². The van der Waals surface area contributed by atoms with Crippen molar-refractivity contribution in [2.75, 3.05) is 0 Å². The van der Waals surface area contributed by atoms with E-state index in [1.54, 1.807) is 6.21 Å². The van der Waals surface area contributed by atoms with Crippen molar-refractivity contribution in [1.29, 1.82) is 0 Å². The molecule has 0 saturated carbocycles. The molecular weight excluding hydrogens is 122 g/mol. The van der Waals surface area contributed by atoms with Crippen molar-refractivity contribution in [2.45, 2.75) is 27.2 Å². The van der Waals surface area contributed by atoms with Crippen LogP contribution in [0.15, 0.2) is 29.9 Å². The minimum Gasteiger partial charge on any atom is -0.265 e. The molecule has 0 unspecified atom stereocenters. The van der Waals surface area contributed by atoms with Crippen molar-refractivity contribution < 1.29 is 0 Å². The molecule has 0 aromatic carbocycles. The molecule has 1 nitrogen and oxygen atoms in total. The summed E-state index contributed by atoms with van der Waals surface area (Å²) in [7, 11) is 0. The lowest BCUT2D eigenvalue weighted by Crippen LogP contribution is -1.59. The van der Waals surface area contributed by atoms with E-state index < -0.39 is 0 Å². The molecule has 0 rings (SSSR count). The normalized spacial score (nSPS) is 9.50. The van der Waals surface area contributed by atoms with Gasteiger partial charge in [-0.05, 0) is 12.5 Å². The van der Waals surface area contributed by atoms with Crippen LogP contribution >= 0.6 is 0 Å². The molecule has 10 heavy (non-hydrogen) atoms. The second kappa shape index (κ2) is 15.7. The molecule has 0 atom stereocenters. The summed E-state index contributed by atoms with van der Waals surface area (Å²) in [5.41, 5.74) is 0. The van der Waals surface area contributed by atoms with Crippen LogP contribution in [0.2, 0.25) is 0 Å². The molecule has 0 bridgehead atoms. The van der Waals surface area contributed by atoms with Crippen molar-refractivity contribution in [2.24, 2.45) is 4.99 Å². The molecule has 0 aromatic rings. The monoisotopic (exact) mass is 139 g/mol. The molecule has 0 N–H and O–H groups in total. The molecule has 0 amide bonds. The predicted octanol–water partition coefficient (Wildman–Crippen LogP) is 3.19. The summed E-state index contributed by atoms with van der Waals surface area (Å²) in [6, 6.07) is 0. The zero-order valence-electron chi connectivity index (χ0n) is 7.17. The van der Waals surface area contributed by atoms with E-state index in [2.05, 4.69) is 18.5 Å². The Morgan fingerprint density at radius 3 is 2.40 bits per heavy atom. The van der Waals surface area contributed by atoms with Gasteiger partial charge in [-0.2, -0.15) is 0 Å². The third-order valence-electron chi connectivity index (χ3n) is 0.649. The van der Waals surface area contributed by atoms with Gasteiger partial charge in [0.2, 0.25) is 0 Å². The van der Waals surface area contributed by atoms with E-state index in [1.807, 2.05) is 26.0 Å². The predicted molar refractivity (Wildman–Crippen MR) is 49.5 cm³/mol. The Morgan fingerprint density at radius 2 is 2.00 bits per heavy atom. The van der Waals surface area contributed by atoms with Crippen molar-refractivity contribution in [3.63, 3.8) is 0 Å². The molecule has 58 valence electrons. The Hall–Kier alpha value is -0.850. The Morgan fingerprint density at radius 1 is 1.40 bits per heavy atom. The molecular formula is C9H17N. The maximum absolute atomic E-state index is 3.76. The minimum absolute atomic E-state index is 1.06. The highest BCUT2D eigenvalue weighted by Crippen LogP contribution is 1.75. The second-order valence-electron chi connectivity index (χ2n) is 1.32. The zero-order valence-corrected chi connectivity index (χ0v) is 7.17. The van der Waals surface area contributed by atoms with Gasteiger partial charge in [0, 0.05) is 12.4 Å². The van der Waals surface area contributed by atoms with Crippen molar-refractivity contribution in [1.82, 2.24) is 0 Å². The summed E-state index contributed by atoms with van der Waals surface area (Å²) >= 11 is 0. The third kappa shape index (κ3) is 15.7. The first-order chi connectivity index (χ1) is 4.91. The number of rotatable bonds is 3. The number of allylic oxidation sites excluding steroid dienone is 2. The molecule has 0 aromatic heterocycles. The summed E-state index contributed by atoms with van der Waals surface area (Å²) in [6.45, 7) is 9.51. The zero-order chi connectivity index (χ0) is 8.24. The highest BCUT2D eigenvalue weighted by Gasteiger charge is 1.59. The summed E-state index contributed by atoms with van der Waals surface area (Å²) in [5, 5.41) is 0. The Balaban J connectivity index is 0. The summed E-state index contributed by atoms with van der Waals surface area (Å²) in [5.74, 6) is 0. The van der Waals surface area contributed by atoms with Gasteiger partial charge in [-0.3, -0.25) is 4.99 Å². The van der Waals surface area contributed by atoms with Crippen LogP contribution in [0.25, 0.3) is 0 Å². The van der Waals surface area contributed by atoms with Gasteiger partial charge in [0.05, 0.1) is 0 Å². The average Bonchev–Trinajstić information content (AvgIpc) is 2.02. The van der Waals surface area contributed by atoms with Crippen LogP contribution in [0.5, 0.6) is 0 Å². The van der Waals surface area contributed by atoms with Crippen LogP contribution in [0.3, 0.4) is 0 Å². The minimum atomic E-state index is 1.06. The molecule has 0 aliphatic heterocycles. The fourth-order valence-corrected chi connectivity index (χ4v) is 0.307. The second-order valence-corrected chi connectivity index (χ2v) is 1.32. The molecule has 0 spiro atoms. The highest BCUT2D eigenvalue weighted by molar-refractivity contribution is 5.71. The first-order valence-corrected chi connectivity index (χ1v) is 3.71. The standard InChI is InChI=1S/C7H11N.C2H6/c1-3-5-6-7-8-4-2;1-2/h4-7H,2-3H2,1H3;1-2H3/b6-5-,8-7?;. The topological polar surface area (TPSA) is 12.4 Å². The molecule has 0 fully saturated rings. The van der Waals surface area contributed by atoms with Gasteiger partial charge in [-0.25, -0.2) is 0 Å². The first kappa shape index (κ1) is 11.9. The van der Waals surface area contributed by atoms with E-state index in [-0.39, 0.29) is 0 Å². The molecule has 0 aliphatic carbocycles. The fourth-order valence-electron chi connectivity index (χ4n) is 0.307. The Kier molecular flexibility index (Phi) is 18.7. The van der Waals surface area contributed by atoms with E-state index in [0.717, 1.165) is 6.42 Å². The number of hydrogen-bond donors (Lipinski definition) is 0. The first-order valence-electron chi connectivity index (χ1n) is 3.71. The van der Waals surface area contributed by atoms with Crippen LogP contribution in [-0.4, -0.2) is 6.21 Å². The molecule has 0 saturated heterocycles. The highest BCUT2D eigenvalue weighted by atomic mass is 14.6. The lowest BCUT2D eigenvalue weighted by atomic mass is 10.4. The number of aliphatic imine (C=N–C) groups is 1. The molecule has 0 radical (unpaired) electrons. The van der Waals surface area contributed by atoms with Crippen LogP contribution < -0.4 is 0 Å². The van der Waals surface area contributed by atoms with Crippen molar-refractivity contribution >= 4 is 6.21 Å². The van der Waals surface area contributed by atoms with Crippen LogP contribution in [0.4, 0.5) is 0 Å². The summed E-state index contributed by atoms with van der Waals surface area (Å²) < 4.78 is 0. The summed E-state index contributed by atoms with van der Waals surface area (Å²) in [4.78, 5) is 3.76. The Bertz CT molecular complexity index is 101. The smallest absolute Gasteiger partial charge is 0.0264 e. The lowest BCUT2D eigenvalue weighted by molar-refractivity contribution is 1.23. The maximum atomic E-state index is 3.76. The lowest BCUT2D eigenvalue weighted by Gasteiger charge is -1.71. The van der Waals surface area contributed by atoms with Crippen LogP contribution in [0.1, 0.15) is 27.2 Å². The van der Waals surface area contributed by atoms with E-state index in [1.165, 1.54) is 6.20 Å². The van der Waals surface area contributed by atoms with Gasteiger partial charge in [0.25, 0.3) is 0 Å². The number of hydrogen-bond acceptors (Lipinski definition) is 1. The molecule has 1 heteroatoms. The quantitative estimate of drug-likeness (QED) is 0.532. The maximum Gasteiger partial charge on any atom is 0.0264 e. The third-order valence-corrected chi connectivity index (χ3v) is 0.649. The van der Waals surface area contributed by atoms with E-state index in [0.29, 0.717) is 0 Å². The van der Waals surface area contributed by atoms with Gasteiger partial charge < -0.3 is 0 Å². The van der Waals surface area contributed by atoms with E-state index >= 15 is 0 Å². The largest absolute Gasteiger partial charge is 0.265 e. The Labute approximate surface area is 64.2 Å². The SMILES string of the molecule is C=CN=C/C=C\CC.CC. The van der Waals surface area contributed by atoms with E-state index in [4.69, 9.17) is 0 Å². The van der Waals surface area contributed by atoms with Gasteiger partial charge in [0.1, 0.15) is 0 Å². The van der Waals surface area contributed by atoms with E-state index in [9.17, 15) is 0 Å². The van der Waals surface area contributed by atoms with Gasteiger partial charge in [0.15, 0.2) is 0 Å². The fraction of sp³-hybridized carbons (Fsp3) is 0.444. The van der Waals surface area contributed by atoms with Crippen LogP contribution in [-0.2, 0) is 0 Å². The number of nitrogens with zero attached hydrogens (tertiary/aromatic N) is 1. The van der Waals surface area contributed by atoms with Gasteiger partial charge in [-0.15, -0.1) is 0 Å². The van der Waals surface area contributed by atoms with Crippen molar-refractivity contribution in [3.8, 4) is 0 Å².